The van der Waals surface area contributed by atoms with Crippen LogP contribution in [0.5, 0.6) is 5.75 Å². The van der Waals surface area contributed by atoms with Gasteiger partial charge in [0.05, 0.1) is 25.3 Å². The van der Waals surface area contributed by atoms with Crippen molar-refractivity contribution in [1.82, 2.24) is 9.55 Å². The molecule has 6 heteroatoms. The molecule has 2 N–H and O–H groups in total. The van der Waals surface area contributed by atoms with Gasteiger partial charge in [0.1, 0.15) is 12.3 Å². The Morgan fingerprint density at radius 1 is 1.47 bits per heavy atom. The molecule has 0 bridgehead atoms. The van der Waals surface area contributed by atoms with Gasteiger partial charge in [0.15, 0.2) is 0 Å². The molecule has 0 radical (unpaired) electrons. The third kappa shape index (κ3) is 2.01. The van der Waals surface area contributed by atoms with E-state index in [1.807, 2.05) is 0 Å². The van der Waals surface area contributed by atoms with E-state index in [-0.39, 0.29) is 18.5 Å². The maximum Gasteiger partial charge on any atom is 0.325 e. The lowest BCUT2D eigenvalue weighted by Crippen LogP contribution is -2.13. The summed E-state index contributed by atoms with van der Waals surface area (Å²) in [6.07, 6.45) is 0. The molecule has 17 heavy (non-hydrogen) atoms. The predicted molar refractivity (Wildman–Crippen MR) is 62.7 cm³/mol. The van der Waals surface area contributed by atoms with Crippen molar-refractivity contribution in [2.45, 2.75) is 6.54 Å². The summed E-state index contributed by atoms with van der Waals surface area (Å²) in [6.45, 7) is 0.0337. The van der Waals surface area contributed by atoms with Crippen LogP contribution in [0, 0.1) is 0 Å². The molecule has 0 fully saturated rings. The number of aromatic nitrogens is 2. The first-order valence-corrected chi connectivity index (χ1v) is 5.02. The van der Waals surface area contributed by atoms with E-state index in [2.05, 4.69) is 9.72 Å². The highest BCUT2D eigenvalue weighted by atomic mass is 16.5. The molecule has 1 aromatic heterocycles. The molecular weight excluding hydrogens is 222 g/mol. The normalized spacial score (nSPS) is 10.5. The zero-order chi connectivity index (χ0) is 12.4. The number of carbonyl (C=O) groups is 1. The topological polar surface area (TPSA) is 79.4 Å². The molecule has 0 saturated heterocycles. The van der Waals surface area contributed by atoms with Gasteiger partial charge in [-0.25, -0.2) is 4.98 Å². The number of hydrogen-bond donors (Lipinski definition) is 1. The minimum absolute atomic E-state index is 0.0337. The standard InChI is InChI=1S/C11H13N3O3/c1-16-7-3-4-8-9(5-7)14(11(12)13-8)6-10(15)17-2/h3-5H,6H2,1-2H3,(H2,12,13). The lowest BCUT2D eigenvalue weighted by Gasteiger charge is -2.05. The number of ether oxygens (including phenoxy) is 2. The second-order valence-corrected chi connectivity index (χ2v) is 3.49. The molecule has 0 amide bonds. The van der Waals surface area contributed by atoms with Crippen molar-refractivity contribution in [3.05, 3.63) is 18.2 Å². The zero-order valence-electron chi connectivity index (χ0n) is 9.64. The summed E-state index contributed by atoms with van der Waals surface area (Å²) >= 11 is 0. The molecule has 1 aromatic carbocycles. The maximum atomic E-state index is 11.3. The molecular formula is C11H13N3O3. The smallest absolute Gasteiger partial charge is 0.325 e. The fourth-order valence-electron chi connectivity index (χ4n) is 1.61. The van der Waals surface area contributed by atoms with Crippen molar-refractivity contribution in [3.8, 4) is 5.75 Å². The number of hydrogen-bond acceptors (Lipinski definition) is 5. The van der Waals surface area contributed by atoms with Gasteiger partial charge in [-0.2, -0.15) is 0 Å². The average Bonchev–Trinajstić information content (AvgIpc) is 2.65. The Bertz CT molecular complexity index is 562. The highest BCUT2D eigenvalue weighted by molar-refractivity contribution is 5.82. The van der Waals surface area contributed by atoms with Crippen LogP contribution in [-0.2, 0) is 16.1 Å². The number of nitrogens with two attached hydrogens (primary N) is 1. The molecule has 0 saturated carbocycles. The number of benzene rings is 1. The molecule has 0 aliphatic rings. The van der Waals surface area contributed by atoms with Crippen LogP contribution in [0.4, 0.5) is 5.95 Å². The van der Waals surface area contributed by atoms with Crippen molar-refractivity contribution in [3.63, 3.8) is 0 Å². The van der Waals surface area contributed by atoms with Crippen LogP contribution < -0.4 is 10.5 Å². The van der Waals surface area contributed by atoms with Gasteiger partial charge >= 0.3 is 5.97 Å². The molecule has 2 rings (SSSR count). The lowest BCUT2D eigenvalue weighted by molar-refractivity contribution is -0.141. The van der Waals surface area contributed by atoms with Gasteiger partial charge in [0, 0.05) is 6.07 Å². The number of nitrogen functional groups attached to an aromatic ring is 1. The van der Waals surface area contributed by atoms with Gasteiger partial charge in [-0.1, -0.05) is 0 Å². The Kier molecular flexibility index (Phi) is 2.86. The first kappa shape index (κ1) is 11.3. The summed E-state index contributed by atoms with van der Waals surface area (Å²) in [4.78, 5) is 15.4. The van der Waals surface area contributed by atoms with E-state index in [4.69, 9.17) is 10.5 Å². The van der Waals surface area contributed by atoms with E-state index in [1.54, 1.807) is 29.9 Å². The number of carbonyl (C=O) groups excluding carboxylic acids is 1. The fourth-order valence-corrected chi connectivity index (χ4v) is 1.61. The third-order valence-electron chi connectivity index (χ3n) is 2.50. The summed E-state index contributed by atoms with van der Waals surface area (Å²) in [7, 11) is 2.91. The lowest BCUT2D eigenvalue weighted by atomic mass is 10.3. The Labute approximate surface area is 97.9 Å². The molecule has 90 valence electrons. The van der Waals surface area contributed by atoms with Gasteiger partial charge in [0.25, 0.3) is 0 Å². The molecule has 0 aliphatic carbocycles. The first-order chi connectivity index (χ1) is 8.15. The van der Waals surface area contributed by atoms with Crippen LogP contribution in [0.2, 0.25) is 0 Å². The molecule has 0 aliphatic heterocycles. The number of rotatable bonds is 3. The van der Waals surface area contributed by atoms with E-state index in [9.17, 15) is 4.79 Å². The molecule has 0 spiro atoms. The second-order valence-electron chi connectivity index (χ2n) is 3.49. The van der Waals surface area contributed by atoms with Gasteiger partial charge in [-0.3, -0.25) is 9.36 Å². The van der Waals surface area contributed by atoms with Crippen LogP contribution in [0.3, 0.4) is 0 Å². The van der Waals surface area contributed by atoms with Crippen LogP contribution in [0.25, 0.3) is 11.0 Å². The quantitative estimate of drug-likeness (QED) is 0.796. The van der Waals surface area contributed by atoms with E-state index in [0.29, 0.717) is 11.3 Å². The Balaban J connectivity index is 2.52. The fraction of sp³-hybridized carbons (Fsp3) is 0.273. The monoisotopic (exact) mass is 235 g/mol. The van der Waals surface area contributed by atoms with E-state index < -0.39 is 0 Å². The zero-order valence-corrected chi connectivity index (χ0v) is 9.64. The van der Waals surface area contributed by atoms with Crippen LogP contribution in [0.1, 0.15) is 0 Å². The van der Waals surface area contributed by atoms with Crippen molar-refractivity contribution < 1.29 is 14.3 Å². The van der Waals surface area contributed by atoms with Gasteiger partial charge < -0.3 is 15.2 Å². The minimum Gasteiger partial charge on any atom is -0.497 e. The third-order valence-corrected chi connectivity index (χ3v) is 2.50. The number of fused-ring (bicyclic) bond motifs is 1. The largest absolute Gasteiger partial charge is 0.497 e. The summed E-state index contributed by atoms with van der Waals surface area (Å²) in [5.41, 5.74) is 7.21. The predicted octanol–water partition coefficient (Wildman–Crippen LogP) is 0.800. The second kappa shape index (κ2) is 4.32. The number of imidazole rings is 1. The first-order valence-electron chi connectivity index (χ1n) is 5.02. The molecule has 0 unspecified atom stereocenters. The summed E-state index contributed by atoms with van der Waals surface area (Å²) in [6, 6.07) is 5.36. The molecule has 1 heterocycles. The number of methoxy groups -OCH3 is 2. The van der Waals surface area contributed by atoms with E-state index >= 15 is 0 Å². The van der Waals surface area contributed by atoms with Crippen molar-refractivity contribution in [2.75, 3.05) is 20.0 Å². The number of nitrogens with zero attached hydrogens (tertiary/aromatic N) is 2. The Morgan fingerprint density at radius 3 is 2.88 bits per heavy atom. The van der Waals surface area contributed by atoms with Gasteiger partial charge in [-0.05, 0) is 12.1 Å². The highest BCUT2D eigenvalue weighted by Crippen LogP contribution is 2.22. The van der Waals surface area contributed by atoms with Crippen molar-refractivity contribution in [2.24, 2.45) is 0 Å². The molecule has 6 nitrogen and oxygen atoms in total. The molecule has 0 atom stereocenters. The summed E-state index contributed by atoms with van der Waals surface area (Å²) < 4.78 is 11.3. The van der Waals surface area contributed by atoms with Gasteiger partial charge in [0.2, 0.25) is 5.95 Å². The molecule has 2 aromatic rings. The van der Waals surface area contributed by atoms with E-state index in [0.717, 1.165) is 5.52 Å². The van der Waals surface area contributed by atoms with E-state index in [1.165, 1.54) is 7.11 Å². The SMILES string of the molecule is COC(=O)Cn1c(N)nc2ccc(OC)cc21. The highest BCUT2D eigenvalue weighted by Gasteiger charge is 2.12. The van der Waals surface area contributed by atoms with Crippen molar-refractivity contribution in [1.29, 1.82) is 0 Å². The van der Waals surface area contributed by atoms with Crippen LogP contribution in [0.15, 0.2) is 18.2 Å². The minimum atomic E-state index is -0.376. The van der Waals surface area contributed by atoms with Crippen molar-refractivity contribution >= 4 is 23.0 Å². The van der Waals surface area contributed by atoms with Crippen LogP contribution in [-0.4, -0.2) is 29.7 Å². The summed E-state index contributed by atoms with van der Waals surface area (Å²) in [5.74, 6) is 0.584. The maximum absolute atomic E-state index is 11.3. The van der Waals surface area contributed by atoms with Crippen LogP contribution >= 0.6 is 0 Å². The average molecular weight is 235 g/mol. The number of esters is 1. The van der Waals surface area contributed by atoms with Gasteiger partial charge in [-0.15, -0.1) is 0 Å². The Hall–Kier alpha value is -2.24. The number of anilines is 1. The summed E-state index contributed by atoms with van der Waals surface area (Å²) in [5, 5.41) is 0. The Morgan fingerprint density at radius 2 is 2.24 bits per heavy atom.